The molecule has 0 saturated carbocycles. The molecule has 120 valence electrons. The van der Waals surface area contributed by atoms with Crippen molar-refractivity contribution < 1.29 is 19.0 Å². The average Bonchev–Trinajstić information content (AvgIpc) is 3.01. The molecule has 0 unspecified atom stereocenters. The first-order valence-electron chi connectivity index (χ1n) is 8.07. The number of fused-ring (bicyclic) bond motifs is 1. The van der Waals surface area contributed by atoms with E-state index >= 15 is 0 Å². The molecule has 5 nitrogen and oxygen atoms in total. The van der Waals surface area contributed by atoms with Crippen molar-refractivity contribution in [3.63, 3.8) is 0 Å². The Bertz CT molecular complexity index is 531. The zero-order valence-corrected chi connectivity index (χ0v) is 13.0. The minimum atomic E-state index is -0.115. The molecule has 1 aromatic carbocycles. The zero-order chi connectivity index (χ0) is 15.4. The highest BCUT2D eigenvalue weighted by Crippen LogP contribution is 2.37. The maximum Gasteiger partial charge on any atom is 0.307 e. The minimum Gasteiger partial charge on any atom is -0.486 e. The van der Waals surface area contributed by atoms with Gasteiger partial charge in [0, 0.05) is 12.6 Å². The van der Waals surface area contributed by atoms with Gasteiger partial charge in [-0.3, -0.25) is 9.69 Å². The van der Waals surface area contributed by atoms with E-state index in [2.05, 4.69) is 17.0 Å². The lowest BCUT2D eigenvalue weighted by Crippen LogP contribution is -2.26. The first-order chi connectivity index (χ1) is 10.8. The molecule has 0 spiro atoms. The Morgan fingerprint density at radius 3 is 2.95 bits per heavy atom. The van der Waals surface area contributed by atoms with Gasteiger partial charge in [-0.1, -0.05) is 6.07 Å². The number of nitrogens with zero attached hydrogens (tertiary/aromatic N) is 1. The lowest BCUT2D eigenvalue weighted by molar-refractivity contribution is -0.143. The molecule has 1 saturated heterocycles. The van der Waals surface area contributed by atoms with Crippen molar-refractivity contribution >= 4 is 5.97 Å². The molecule has 2 heterocycles. The van der Waals surface area contributed by atoms with Gasteiger partial charge in [0.2, 0.25) is 0 Å². The van der Waals surface area contributed by atoms with Gasteiger partial charge in [0.1, 0.15) is 13.2 Å². The Labute approximate surface area is 131 Å². The Hall–Kier alpha value is -1.75. The summed E-state index contributed by atoms with van der Waals surface area (Å²) in [4.78, 5) is 13.9. The molecular formula is C17H23NO4. The minimum absolute atomic E-state index is 0.115. The summed E-state index contributed by atoms with van der Waals surface area (Å²) in [7, 11) is 0. The molecule has 0 amide bonds. The Balaban J connectivity index is 1.66. The predicted molar refractivity (Wildman–Crippen MR) is 82.2 cm³/mol. The second-order valence-electron chi connectivity index (χ2n) is 5.65. The number of carbonyl (C=O) groups is 1. The Kier molecular flexibility index (Phi) is 4.83. The van der Waals surface area contributed by atoms with Gasteiger partial charge in [0.15, 0.2) is 11.5 Å². The van der Waals surface area contributed by atoms with Crippen molar-refractivity contribution in [1.29, 1.82) is 0 Å². The Morgan fingerprint density at radius 1 is 1.32 bits per heavy atom. The number of esters is 1. The lowest BCUT2D eigenvalue weighted by Gasteiger charge is -2.26. The molecule has 2 aliphatic heterocycles. The normalized spacial score (nSPS) is 20.9. The third-order valence-corrected chi connectivity index (χ3v) is 4.22. The van der Waals surface area contributed by atoms with E-state index in [4.69, 9.17) is 14.2 Å². The van der Waals surface area contributed by atoms with Crippen LogP contribution >= 0.6 is 0 Å². The van der Waals surface area contributed by atoms with Crippen LogP contribution in [0.1, 0.15) is 37.8 Å². The van der Waals surface area contributed by atoms with Crippen LogP contribution in [0.3, 0.4) is 0 Å². The van der Waals surface area contributed by atoms with Crippen molar-refractivity contribution in [2.75, 3.05) is 32.9 Å². The molecular weight excluding hydrogens is 282 g/mol. The van der Waals surface area contributed by atoms with Crippen LogP contribution in [0.5, 0.6) is 11.5 Å². The number of ether oxygens (including phenoxy) is 3. The number of carbonyl (C=O) groups excluding carboxylic acids is 1. The van der Waals surface area contributed by atoms with E-state index in [1.807, 2.05) is 13.0 Å². The van der Waals surface area contributed by atoms with Gasteiger partial charge in [0.25, 0.3) is 0 Å². The number of hydrogen-bond donors (Lipinski definition) is 0. The molecule has 22 heavy (non-hydrogen) atoms. The van der Waals surface area contributed by atoms with Crippen LogP contribution in [-0.4, -0.2) is 43.8 Å². The van der Waals surface area contributed by atoms with Gasteiger partial charge in [-0.25, -0.2) is 0 Å². The summed E-state index contributed by atoms with van der Waals surface area (Å²) >= 11 is 0. The van der Waals surface area contributed by atoms with Gasteiger partial charge < -0.3 is 14.2 Å². The van der Waals surface area contributed by atoms with Gasteiger partial charge in [0.05, 0.1) is 13.0 Å². The lowest BCUT2D eigenvalue weighted by atomic mass is 10.0. The van der Waals surface area contributed by atoms with Crippen molar-refractivity contribution in [2.45, 2.75) is 32.2 Å². The molecule has 0 N–H and O–H groups in total. The monoisotopic (exact) mass is 305 g/mol. The largest absolute Gasteiger partial charge is 0.486 e. The Morgan fingerprint density at radius 2 is 2.14 bits per heavy atom. The van der Waals surface area contributed by atoms with Crippen LogP contribution in [0.4, 0.5) is 0 Å². The number of hydrogen-bond acceptors (Lipinski definition) is 5. The summed E-state index contributed by atoms with van der Waals surface area (Å²) < 4.78 is 16.3. The van der Waals surface area contributed by atoms with E-state index in [9.17, 15) is 4.79 Å². The molecule has 0 aromatic heterocycles. The second kappa shape index (κ2) is 7.01. The number of rotatable bonds is 5. The molecule has 1 atom stereocenters. The van der Waals surface area contributed by atoms with E-state index in [0.29, 0.717) is 32.3 Å². The SMILES string of the molecule is CCOC(=O)CCN1CCC[C@@H]1c1ccc2c(c1)OCCO2. The summed E-state index contributed by atoms with van der Waals surface area (Å²) in [6.45, 7) is 5.28. The fourth-order valence-electron chi connectivity index (χ4n) is 3.21. The van der Waals surface area contributed by atoms with Crippen LogP contribution in [-0.2, 0) is 9.53 Å². The zero-order valence-electron chi connectivity index (χ0n) is 13.0. The quantitative estimate of drug-likeness (QED) is 0.782. The van der Waals surface area contributed by atoms with Crippen molar-refractivity contribution in [1.82, 2.24) is 4.90 Å². The van der Waals surface area contributed by atoms with Gasteiger partial charge in [-0.2, -0.15) is 0 Å². The predicted octanol–water partition coefficient (Wildman–Crippen LogP) is 2.55. The van der Waals surface area contributed by atoms with E-state index in [1.54, 1.807) is 0 Å². The number of likely N-dealkylation sites (tertiary alicyclic amines) is 1. The fourth-order valence-corrected chi connectivity index (χ4v) is 3.21. The summed E-state index contributed by atoms with van der Waals surface area (Å²) in [5.41, 5.74) is 1.24. The fraction of sp³-hybridized carbons (Fsp3) is 0.588. The van der Waals surface area contributed by atoms with Gasteiger partial charge in [-0.15, -0.1) is 0 Å². The summed E-state index contributed by atoms with van der Waals surface area (Å²) in [6.07, 6.45) is 2.72. The van der Waals surface area contributed by atoms with Crippen molar-refractivity contribution in [2.24, 2.45) is 0 Å². The van der Waals surface area contributed by atoms with E-state index in [-0.39, 0.29) is 5.97 Å². The second-order valence-corrected chi connectivity index (χ2v) is 5.65. The summed E-state index contributed by atoms with van der Waals surface area (Å²) in [6, 6.07) is 6.54. The molecule has 0 bridgehead atoms. The van der Waals surface area contributed by atoms with E-state index < -0.39 is 0 Å². The average molecular weight is 305 g/mol. The first-order valence-corrected chi connectivity index (χ1v) is 8.07. The smallest absolute Gasteiger partial charge is 0.307 e. The van der Waals surface area contributed by atoms with Crippen LogP contribution in [0.15, 0.2) is 18.2 Å². The summed E-state index contributed by atoms with van der Waals surface area (Å²) in [5, 5.41) is 0. The molecule has 0 aliphatic carbocycles. The van der Waals surface area contributed by atoms with Gasteiger partial charge >= 0.3 is 5.97 Å². The van der Waals surface area contributed by atoms with Gasteiger partial charge in [-0.05, 0) is 44.0 Å². The van der Waals surface area contributed by atoms with E-state index in [0.717, 1.165) is 37.4 Å². The molecule has 0 radical (unpaired) electrons. The molecule has 1 aromatic rings. The highest BCUT2D eigenvalue weighted by atomic mass is 16.6. The third-order valence-electron chi connectivity index (χ3n) is 4.22. The maximum atomic E-state index is 11.5. The van der Waals surface area contributed by atoms with Crippen LogP contribution in [0, 0.1) is 0 Å². The van der Waals surface area contributed by atoms with Crippen LogP contribution < -0.4 is 9.47 Å². The van der Waals surface area contributed by atoms with E-state index in [1.165, 1.54) is 5.56 Å². The third kappa shape index (κ3) is 3.35. The summed E-state index contributed by atoms with van der Waals surface area (Å²) in [5.74, 6) is 1.54. The molecule has 5 heteroatoms. The number of benzene rings is 1. The molecule has 1 fully saturated rings. The van der Waals surface area contributed by atoms with Crippen molar-refractivity contribution in [3.8, 4) is 11.5 Å². The standard InChI is InChI=1S/C17H23NO4/c1-2-20-17(19)7-9-18-8-3-4-14(18)13-5-6-15-16(12-13)22-11-10-21-15/h5-6,12,14H,2-4,7-11H2,1H3/t14-/m1/s1. The highest BCUT2D eigenvalue weighted by Gasteiger charge is 2.27. The molecule has 3 rings (SSSR count). The topological polar surface area (TPSA) is 48.0 Å². The van der Waals surface area contributed by atoms with Crippen LogP contribution in [0.25, 0.3) is 0 Å². The highest BCUT2D eigenvalue weighted by molar-refractivity contribution is 5.69. The maximum absolute atomic E-state index is 11.5. The first kappa shape index (κ1) is 15.2. The van der Waals surface area contributed by atoms with Crippen molar-refractivity contribution in [3.05, 3.63) is 23.8 Å². The van der Waals surface area contributed by atoms with Crippen LogP contribution in [0.2, 0.25) is 0 Å². The molecule has 2 aliphatic rings.